The van der Waals surface area contributed by atoms with E-state index in [0.717, 1.165) is 54.0 Å². The Morgan fingerprint density at radius 3 is 2.76 bits per heavy atom. The number of nitrogens with zero attached hydrogens (tertiary/aromatic N) is 5. The third-order valence-corrected chi connectivity index (χ3v) is 9.37. The normalized spacial score (nSPS) is 24.4. The molecule has 4 fully saturated rings. The van der Waals surface area contributed by atoms with Crippen LogP contribution in [0.25, 0.3) is 32.9 Å². The summed E-state index contributed by atoms with van der Waals surface area (Å²) in [5, 5.41) is 3.39. The lowest BCUT2D eigenvalue weighted by atomic mass is 9.91. The van der Waals surface area contributed by atoms with Crippen LogP contribution in [0.3, 0.4) is 0 Å². The summed E-state index contributed by atoms with van der Waals surface area (Å²) in [5.41, 5.74) is 3.08. The third-order valence-electron chi connectivity index (χ3n) is 9.37. The minimum atomic E-state index is 0.156. The molecule has 0 aliphatic carbocycles. The summed E-state index contributed by atoms with van der Waals surface area (Å²) in [6.45, 7) is 4.59. The van der Waals surface area contributed by atoms with Crippen molar-refractivity contribution >= 4 is 27.5 Å². The zero-order valence-electron chi connectivity index (χ0n) is 21.7. The van der Waals surface area contributed by atoms with Crippen LogP contribution in [0, 0.1) is 0 Å². The van der Waals surface area contributed by atoms with Crippen LogP contribution in [-0.4, -0.2) is 70.4 Å². The summed E-state index contributed by atoms with van der Waals surface area (Å²) in [4.78, 5) is 20.0. The first-order valence-corrected chi connectivity index (χ1v) is 14.2. The van der Waals surface area contributed by atoms with Crippen LogP contribution in [0.4, 0.5) is 5.82 Å². The Hall–Kier alpha value is -3.29. The van der Waals surface area contributed by atoms with E-state index in [0.29, 0.717) is 24.7 Å². The van der Waals surface area contributed by atoms with Crippen LogP contribution >= 0.6 is 0 Å². The van der Waals surface area contributed by atoms with Gasteiger partial charge in [0.2, 0.25) is 0 Å². The van der Waals surface area contributed by atoms with Gasteiger partial charge in [-0.2, -0.15) is 9.97 Å². The molecule has 194 valence electrons. The number of aromatic nitrogens is 3. The van der Waals surface area contributed by atoms with E-state index >= 15 is 0 Å². The molecule has 2 aromatic heterocycles. The molecule has 0 amide bonds. The van der Waals surface area contributed by atoms with Gasteiger partial charge >= 0.3 is 6.01 Å². The van der Waals surface area contributed by atoms with Gasteiger partial charge in [-0.25, -0.2) is 0 Å². The number of pyridine rings is 1. The summed E-state index contributed by atoms with van der Waals surface area (Å²) in [6, 6.07) is 18.3. The van der Waals surface area contributed by atoms with Gasteiger partial charge < -0.3 is 14.4 Å². The Morgan fingerprint density at radius 2 is 1.84 bits per heavy atom. The van der Waals surface area contributed by atoms with E-state index in [4.69, 9.17) is 24.4 Å². The fraction of sp³-hybridized carbons (Fsp3) is 0.452. The number of hydrogen-bond donors (Lipinski definition) is 0. The van der Waals surface area contributed by atoms with Crippen LogP contribution in [0.2, 0.25) is 0 Å². The molecule has 4 aliphatic heterocycles. The second kappa shape index (κ2) is 8.89. The van der Waals surface area contributed by atoms with E-state index in [9.17, 15) is 0 Å². The van der Waals surface area contributed by atoms with Crippen molar-refractivity contribution < 1.29 is 9.47 Å². The fourth-order valence-corrected chi connectivity index (χ4v) is 7.40. The first kappa shape index (κ1) is 22.7. The highest BCUT2D eigenvalue weighted by atomic mass is 16.5. The SMILES string of the molecule is c1ccc2c(-c3cc4nc(OCC56CCCN5CCC6)nc(N5C6CCOCC5C6)c4cn3)cccc2c1. The summed E-state index contributed by atoms with van der Waals surface area (Å²) >= 11 is 0. The van der Waals surface area contributed by atoms with E-state index in [1.807, 2.05) is 6.20 Å². The maximum absolute atomic E-state index is 6.49. The number of rotatable bonds is 5. The smallest absolute Gasteiger partial charge is 0.319 e. The quantitative estimate of drug-likeness (QED) is 0.367. The van der Waals surface area contributed by atoms with E-state index < -0.39 is 0 Å². The molecule has 2 unspecified atom stereocenters. The van der Waals surface area contributed by atoms with Gasteiger partial charge in [0, 0.05) is 24.4 Å². The largest absolute Gasteiger partial charge is 0.461 e. The molecule has 7 heteroatoms. The first-order chi connectivity index (χ1) is 18.8. The number of fused-ring (bicyclic) bond motifs is 5. The lowest BCUT2D eigenvalue weighted by Gasteiger charge is -2.47. The summed E-state index contributed by atoms with van der Waals surface area (Å²) in [6.07, 6.45) is 9.06. The van der Waals surface area contributed by atoms with Gasteiger partial charge in [0.15, 0.2) is 0 Å². The zero-order chi connectivity index (χ0) is 25.1. The Balaban J connectivity index is 1.22. The highest BCUT2D eigenvalue weighted by molar-refractivity contribution is 5.98. The van der Waals surface area contributed by atoms with Crippen molar-refractivity contribution in [1.29, 1.82) is 0 Å². The highest BCUT2D eigenvalue weighted by Crippen LogP contribution is 2.42. The molecule has 2 atom stereocenters. The summed E-state index contributed by atoms with van der Waals surface area (Å²) < 4.78 is 12.4. The molecule has 4 saturated heterocycles. The molecule has 0 radical (unpaired) electrons. The molecule has 2 bridgehead atoms. The number of hydrogen-bond acceptors (Lipinski definition) is 7. The summed E-state index contributed by atoms with van der Waals surface area (Å²) in [5.74, 6) is 0.945. The molecular weight excluding hydrogens is 474 g/mol. The van der Waals surface area contributed by atoms with Crippen LogP contribution in [0.5, 0.6) is 6.01 Å². The Labute approximate surface area is 222 Å². The van der Waals surface area contributed by atoms with Crippen molar-refractivity contribution in [3.05, 3.63) is 54.7 Å². The predicted molar refractivity (Wildman–Crippen MR) is 149 cm³/mol. The van der Waals surface area contributed by atoms with Crippen LogP contribution < -0.4 is 9.64 Å². The van der Waals surface area contributed by atoms with Crippen molar-refractivity contribution in [2.75, 3.05) is 37.8 Å². The Morgan fingerprint density at radius 1 is 0.974 bits per heavy atom. The lowest BCUT2D eigenvalue weighted by Crippen LogP contribution is -2.57. The van der Waals surface area contributed by atoms with Gasteiger partial charge in [-0.05, 0) is 68.5 Å². The average Bonchev–Trinajstić information content (AvgIpc) is 3.34. The van der Waals surface area contributed by atoms with Crippen LogP contribution in [0.15, 0.2) is 54.7 Å². The number of anilines is 1. The van der Waals surface area contributed by atoms with Crippen molar-refractivity contribution in [3.63, 3.8) is 0 Å². The minimum absolute atomic E-state index is 0.156. The topological polar surface area (TPSA) is 63.6 Å². The van der Waals surface area contributed by atoms with Gasteiger partial charge in [0.25, 0.3) is 0 Å². The standard InChI is InChI=1S/C31H33N5O2/c1-2-8-24-21(6-1)7-3-9-25(24)27-17-28-26(18-32-27)29(36-22-10-15-37-19-23(36)16-22)34-30(33-28)38-20-31-11-4-13-35(31)14-5-12-31/h1-3,6-9,17-18,22-23H,4-5,10-16,19-20H2. The first-order valence-electron chi connectivity index (χ1n) is 14.2. The molecule has 4 aromatic rings. The molecule has 0 spiro atoms. The van der Waals surface area contributed by atoms with E-state index in [-0.39, 0.29) is 5.54 Å². The number of ether oxygens (including phenoxy) is 2. The van der Waals surface area contributed by atoms with Crippen molar-refractivity contribution in [2.45, 2.75) is 56.1 Å². The molecule has 4 aliphatic rings. The molecule has 0 saturated carbocycles. The van der Waals surface area contributed by atoms with Crippen molar-refractivity contribution in [2.24, 2.45) is 0 Å². The summed E-state index contributed by atoms with van der Waals surface area (Å²) in [7, 11) is 0. The van der Waals surface area contributed by atoms with Gasteiger partial charge in [-0.1, -0.05) is 42.5 Å². The minimum Gasteiger partial charge on any atom is -0.461 e. The van der Waals surface area contributed by atoms with Crippen LogP contribution in [0.1, 0.15) is 38.5 Å². The zero-order valence-corrected chi connectivity index (χ0v) is 21.7. The average molecular weight is 508 g/mol. The maximum atomic E-state index is 6.49. The molecule has 8 rings (SSSR count). The highest BCUT2D eigenvalue weighted by Gasteiger charge is 2.45. The monoisotopic (exact) mass is 507 g/mol. The van der Waals surface area contributed by atoms with Crippen LogP contribution in [-0.2, 0) is 4.74 Å². The third kappa shape index (κ3) is 3.59. The van der Waals surface area contributed by atoms with Gasteiger partial charge in [-0.15, -0.1) is 0 Å². The van der Waals surface area contributed by atoms with E-state index in [2.05, 4.69) is 58.3 Å². The van der Waals surface area contributed by atoms with Crippen molar-refractivity contribution in [1.82, 2.24) is 19.9 Å². The molecule has 2 aromatic carbocycles. The van der Waals surface area contributed by atoms with Gasteiger partial charge in [0.05, 0.1) is 34.8 Å². The fourth-order valence-electron chi connectivity index (χ4n) is 7.40. The van der Waals surface area contributed by atoms with E-state index in [1.54, 1.807) is 0 Å². The van der Waals surface area contributed by atoms with Gasteiger partial charge in [0.1, 0.15) is 12.4 Å². The lowest BCUT2D eigenvalue weighted by molar-refractivity contribution is 0.107. The predicted octanol–water partition coefficient (Wildman–Crippen LogP) is 5.22. The molecule has 6 heterocycles. The second-order valence-corrected chi connectivity index (χ2v) is 11.5. The maximum Gasteiger partial charge on any atom is 0.319 e. The molecular formula is C31H33N5O2. The second-order valence-electron chi connectivity index (χ2n) is 11.5. The molecule has 0 N–H and O–H groups in total. The Bertz CT molecular complexity index is 1490. The van der Waals surface area contributed by atoms with Gasteiger partial charge in [-0.3, -0.25) is 9.88 Å². The van der Waals surface area contributed by atoms with Crippen molar-refractivity contribution in [3.8, 4) is 17.3 Å². The number of benzene rings is 2. The molecule has 7 nitrogen and oxygen atoms in total. The van der Waals surface area contributed by atoms with E-state index in [1.165, 1.54) is 49.5 Å². The molecule has 38 heavy (non-hydrogen) atoms. The Kier molecular flexibility index (Phi) is 5.30.